The summed E-state index contributed by atoms with van der Waals surface area (Å²) in [5.41, 5.74) is 3.66. The van der Waals surface area contributed by atoms with Gasteiger partial charge in [0.25, 0.3) is 0 Å². The second-order valence-corrected chi connectivity index (χ2v) is 9.60. The van der Waals surface area contributed by atoms with E-state index in [-0.39, 0.29) is 24.3 Å². The summed E-state index contributed by atoms with van der Waals surface area (Å²) >= 11 is 0. The standard InChI is InChI=1S/C26H33FN8O2/c1-5-37-26-28-12-20(13-29-26)32-9-8-21-22(15-32)24(7-6-23(21)27)33-10-11-34(17(2)14-33)25(36)16-35-19(4)30-18(3)31-35/h6-7,12-13,17H,5,8-11,14-16H2,1-4H3/t17-/m1/s1. The van der Waals surface area contributed by atoms with E-state index in [1.807, 2.05) is 31.7 Å². The summed E-state index contributed by atoms with van der Waals surface area (Å²) in [5.74, 6) is 1.26. The van der Waals surface area contributed by atoms with Gasteiger partial charge < -0.3 is 19.4 Å². The van der Waals surface area contributed by atoms with Gasteiger partial charge in [0.15, 0.2) is 0 Å². The van der Waals surface area contributed by atoms with Crippen LogP contribution in [0.25, 0.3) is 0 Å². The van der Waals surface area contributed by atoms with Gasteiger partial charge in [-0.05, 0) is 51.8 Å². The van der Waals surface area contributed by atoms with Gasteiger partial charge in [0.1, 0.15) is 24.0 Å². The molecule has 4 heterocycles. The molecule has 0 unspecified atom stereocenters. The fourth-order valence-corrected chi connectivity index (χ4v) is 5.29. The number of benzene rings is 1. The lowest BCUT2D eigenvalue weighted by molar-refractivity contribution is -0.134. The fourth-order valence-electron chi connectivity index (χ4n) is 5.29. The van der Waals surface area contributed by atoms with Gasteiger partial charge in [-0.2, -0.15) is 5.10 Å². The number of anilines is 2. The second kappa shape index (κ2) is 10.3. The Morgan fingerprint density at radius 1 is 1.11 bits per heavy atom. The van der Waals surface area contributed by atoms with Gasteiger partial charge in [0.05, 0.1) is 24.7 Å². The molecule has 0 N–H and O–H groups in total. The van der Waals surface area contributed by atoms with Crippen LogP contribution >= 0.6 is 0 Å². The highest BCUT2D eigenvalue weighted by atomic mass is 19.1. The molecule has 1 fully saturated rings. The van der Waals surface area contributed by atoms with Crippen LogP contribution in [0.5, 0.6) is 6.01 Å². The number of nitrogens with zero attached hydrogens (tertiary/aromatic N) is 8. The molecule has 2 aliphatic rings. The van der Waals surface area contributed by atoms with Gasteiger partial charge in [0.2, 0.25) is 5.91 Å². The van der Waals surface area contributed by atoms with Gasteiger partial charge >= 0.3 is 6.01 Å². The summed E-state index contributed by atoms with van der Waals surface area (Å²) < 4.78 is 21.8. The molecule has 0 aliphatic carbocycles. The van der Waals surface area contributed by atoms with E-state index in [1.54, 1.807) is 23.1 Å². The first kappa shape index (κ1) is 24.9. The van der Waals surface area contributed by atoms with Gasteiger partial charge in [-0.1, -0.05) is 0 Å². The van der Waals surface area contributed by atoms with Crippen LogP contribution in [-0.2, 0) is 24.3 Å². The van der Waals surface area contributed by atoms with Crippen molar-refractivity contribution in [1.82, 2.24) is 29.6 Å². The third-order valence-electron chi connectivity index (χ3n) is 7.12. The zero-order chi connectivity index (χ0) is 26.1. The number of hydrogen-bond donors (Lipinski definition) is 0. The number of carbonyl (C=O) groups is 1. The Labute approximate surface area is 216 Å². The summed E-state index contributed by atoms with van der Waals surface area (Å²) in [5, 5.41) is 4.33. The van der Waals surface area contributed by atoms with Crippen LogP contribution in [0.4, 0.5) is 15.8 Å². The van der Waals surface area contributed by atoms with Crippen molar-refractivity contribution in [2.45, 2.75) is 53.2 Å². The van der Waals surface area contributed by atoms with E-state index < -0.39 is 0 Å². The molecular formula is C26H33FN8O2. The van der Waals surface area contributed by atoms with E-state index in [0.29, 0.717) is 57.6 Å². The van der Waals surface area contributed by atoms with Gasteiger partial charge in [0, 0.05) is 50.0 Å². The van der Waals surface area contributed by atoms with Crippen molar-refractivity contribution < 1.29 is 13.9 Å². The van der Waals surface area contributed by atoms with Crippen LogP contribution in [0.15, 0.2) is 24.5 Å². The number of rotatable bonds is 6. The first-order chi connectivity index (χ1) is 17.8. The number of hydrogen-bond acceptors (Lipinski definition) is 8. The molecule has 0 bridgehead atoms. The molecule has 0 spiro atoms. The molecule has 10 nitrogen and oxygen atoms in total. The maximum Gasteiger partial charge on any atom is 0.316 e. The molecule has 2 aromatic heterocycles. The molecule has 37 heavy (non-hydrogen) atoms. The van der Waals surface area contributed by atoms with Gasteiger partial charge in [-0.25, -0.2) is 24.0 Å². The lowest BCUT2D eigenvalue weighted by Crippen LogP contribution is -2.55. The largest absolute Gasteiger partial charge is 0.464 e. The van der Waals surface area contributed by atoms with E-state index in [9.17, 15) is 9.18 Å². The third-order valence-corrected chi connectivity index (χ3v) is 7.12. The van der Waals surface area contributed by atoms with E-state index in [0.717, 1.165) is 28.3 Å². The number of halogens is 1. The Hall–Kier alpha value is -3.76. The predicted octanol–water partition coefficient (Wildman–Crippen LogP) is 2.52. The molecule has 1 amide bonds. The number of aromatic nitrogens is 5. The Balaban J connectivity index is 1.31. The van der Waals surface area contributed by atoms with E-state index in [4.69, 9.17) is 4.74 Å². The minimum Gasteiger partial charge on any atom is -0.464 e. The molecule has 1 saturated heterocycles. The van der Waals surface area contributed by atoms with Crippen LogP contribution < -0.4 is 14.5 Å². The van der Waals surface area contributed by atoms with Crippen LogP contribution in [0.3, 0.4) is 0 Å². The third kappa shape index (κ3) is 5.07. The fraction of sp³-hybridized carbons (Fsp3) is 0.500. The van der Waals surface area contributed by atoms with Crippen LogP contribution in [0.2, 0.25) is 0 Å². The van der Waals surface area contributed by atoms with Crippen molar-refractivity contribution in [3.05, 3.63) is 53.1 Å². The van der Waals surface area contributed by atoms with E-state index in [2.05, 4.69) is 36.8 Å². The quantitative estimate of drug-likeness (QED) is 0.502. The van der Waals surface area contributed by atoms with Crippen LogP contribution in [-0.4, -0.2) is 74.4 Å². The Kier molecular flexibility index (Phi) is 6.94. The molecule has 1 atom stereocenters. The summed E-state index contributed by atoms with van der Waals surface area (Å²) in [7, 11) is 0. The lowest BCUT2D eigenvalue weighted by Gasteiger charge is -2.43. The highest BCUT2D eigenvalue weighted by Crippen LogP contribution is 2.34. The first-order valence-electron chi connectivity index (χ1n) is 12.8. The Bertz CT molecular complexity index is 1280. The molecule has 0 radical (unpaired) electrons. The average molecular weight is 509 g/mol. The molecule has 196 valence electrons. The molecule has 2 aliphatic heterocycles. The maximum absolute atomic E-state index is 14.8. The zero-order valence-corrected chi connectivity index (χ0v) is 21.8. The van der Waals surface area contributed by atoms with Crippen molar-refractivity contribution in [3.63, 3.8) is 0 Å². The molecule has 3 aromatic rings. The number of piperazine rings is 1. The summed E-state index contributed by atoms with van der Waals surface area (Å²) in [6, 6.07) is 3.80. The minimum atomic E-state index is -0.165. The SMILES string of the molecule is CCOc1ncc(N2CCc3c(F)ccc(N4CCN(C(=O)Cn5nc(C)nc5C)[C@H](C)C4)c3C2)cn1. The molecule has 11 heteroatoms. The highest BCUT2D eigenvalue weighted by Gasteiger charge is 2.31. The molecular weight excluding hydrogens is 475 g/mol. The summed E-state index contributed by atoms with van der Waals surface area (Å²) in [4.78, 5) is 32.3. The number of ether oxygens (including phenoxy) is 1. The maximum atomic E-state index is 14.8. The van der Waals surface area contributed by atoms with Crippen molar-refractivity contribution in [2.75, 3.05) is 42.6 Å². The van der Waals surface area contributed by atoms with Crippen molar-refractivity contribution in [3.8, 4) is 6.01 Å². The Morgan fingerprint density at radius 2 is 1.89 bits per heavy atom. The summed E-state index contributed by atoms with van der Waals surface area (Å²) in [6.07, 6.45) is 4.12. The number of aryl methyl sites for hydroxylation is 2. The van der Waals surface area contributed by atoms with Crippen LogP contribution in [0.1, 0.15) is 36.6 Å². The highest BCUT2D eigenvalue weighted by molar-refractivity contribution is 5.77. The normalized spacial score (nSPS) is 17.6. The Morgan fingerprint density at radius 3 is 2.57 bits per heavy atom. The van der Waals surface area contributed by atoms with Crippen molar-refractivity contribution in [2.24, 2.45) is 0 Å². The smallest absolute Gasteiger partial charge is 0.316 e. The topological polar surface area (TPSA) is 92.5 Å². The lowest BCUT2D eigenvalue weighted by atomic mass is 9.95. The average Bonchev–Trinajstić information content (AvgIpc) is 3.20. The summed E-state index contributed by atoms with van der Waals surface area (Å²) in [6.45, 7) is 11.5. The number of fused-ring (bicyclic) bond motifs is 1. The predicted molar refractivity (Wildman–Crippen MR) is 137 cm³/mol. The van der Waals surface area contributed by atoms with E-state index >= 15 is 0 Å². The molecule has 1 aromatic carbocycles. The number of carbonyl (C=O) groups excluding carboxylic acids is 1. The first-order valence-corrected chi connectivity index (χ1v) is 12.8. The van der Waals surface area contributed by atoms with Crippen LogP contribution in [0, 0.1) is 19.7 Å². The zero-order valence-electron chi connectivity index (χ0n) is 21.8. The second-order valence-electron chi connectivity index (χ2n) is 9.60. The van der Waals surface area contributed by atoms with Crippen molar-refractivity contribution in [1.29, 1.82) is 0 Å². The monoisotopic (exact) mass is 508 g/mol. The minimum absolute atomic E-state index is 0.00563. The van der Waals surface area contributed by atoms with Gasteiger partial charge in [-0.15, -0.1) is 0 Å². The molecule has 0 saturated carbocycles. The van der Waals surface area contributed by atoms with Crippen molar-refractivity contribution >= 4 is 17.3 Å². The number of amides is 1. The van der Waals surface area contributed by atoms with E-state index in [1.165, 1.54) is 0 Å². The molecule has 5 rings (SSSR count). The van der Waals surface area contributed by atoms with Gasteiger partial charge in [-0.3, -0.25) is 4.79 Å².